The number of fused-ring (bicyclic) bond motifs is 1. The largest absolute Gasteiger partial charge is 0.457 e. The summed E-state index contributed by atoms with van der Waals surface area (Å²) in [5.41, 5.74) is 1.74. The van der Waals surface area contributed by atoms with Crippen LogP contribution in [0.15, 0.2) is 133 Å². The van der Waals surface area contributed by atoms with E-state index < -0.39 is 11.6 Å². The van der Waals surface area contributed by atoms with Crippen LogP contribution in [0.5, 0.6) is 23.0 Å². The van der Waals surface area contributed by atoms with Gasteiger partial charge in [0.15, 0.2) is 11.6 Å². The van der Waals surface area contributed by atoms with Crippen molar-refractivity contribution >= 4 is 22.3 Å². The fourth-order valence-corrected chi connectivity index (χ4v) is 4.57. The Balaban J connectivity index is 1.19. The van der Waals surface area contributed by atoms with E-state index in [4.69, 9.17) is 9.47 Å². The molecule has 0 fully saturated rings. The van der Waals surface area contributed by atoms with Crippen molar-refractivity contribution in [1.82, 2.24) is 0 Å². The van der Waals surface area contributed by atoms with Crippen LogP contribution in [0.3, 0.4) is 0 Å². The van der Waals surface area contributed by atoms with Crippen molar-refractivity contribution in [3.63, 3.8) is 0 Å². The highest BCUT2D eigenvalue weighted by Gasteiger charge is 2.13. The minimum Gasteiger partial charge on any atom is -0.457 e. The molecular formula is C36H22F2O4. The van der Waals surface area contributed by atoms with Gasteiger partial charge in [0.1, 0.15) is 34.6 Å². The third-order valence-corrected chi connectivity index (χ3v) is 6.74. The van der Waals surface area contributed by atoms with Crippen molar-refractivity contribution in [2.45, 2.75) is 0 Å². The van der Waals surface area contributed by atoms with Crippen molar-refractivity contribution in [1.29, 1.82) is 0 Å². The summed E-state index contributed by atoms with van der Waals surface area (Å²) in [6.07, 6.45) is 0. The van der Waals surface area contributed by atoms with Gasteiger partial charge in [-0.2, -0.15) is 0 Å². The first-order valence-corrected chi connectivity index (χ1v) is 13.1. The molecule has 0 radical (unpaired) electrons. The van der Waals surface area contributed by atoms with E-state index >= 15 is 0 Å². The number of ether oxygens (including phenoxy) is 2. The van der Waals surface area contributed by atoms with Crippen LogP contribution >= 0.6 is 0 Å². The lowest BCUT2D eigenvalue weighted by Crippen LogP contribution is -2.01. The number of benzene rings is 6. The molecule has 0 aromatic heterocycles. The van der Waals surface area contributed by atoms with Crippen LogP contribution in [0.2, 0.25) is 0 Å². The molecule has 0 aliphatic carbocycles. The Morgan fingerprint density at radius 2 is 0.714 bits per heavy atom. The summed E-state index contributed by atoms with van der Waals surface area (Å²) >= 11 is 0. The Morgan fingerprint density at radius 3 is 1.05 bits per heavy atom. The van der Waals surface area contributed by atoms with E-state index in [9.17, 15) is 18.4 Å². The summed E-state index contributed by atoms with van der Waals surface area (Å²) in [5.74, 6) is 1.10. The molecule has 204 valence electrons. The van der Waals surface area contributed by atoms with Crippen molar-refractivity contribution in [2.75, 3.05) is 0 Å². The van der Waals surface area contributed by atoms with Gasteiger partial charge < -0.3 is 9.47 Å². The Morgan fingerprint density at radius 1 is 0.405 bits per heavy atom. The van der Waals surface area contributed by atoms with Crippen LogP contribution < -0.4 is 9.47 Å². The zero-order chi connectivity index (χ0) is 29.1. The van der Waals surface area contributed by atoms with Crippen molar-refractivity contribution in [3.8, 4) is 23.0 Å². The molecule has 0 spiro atoms. The number of hydrogen-bond acceptors (Lipinski definition) is 4. The van der Waals surface area contributed by atoms with Gasteiger partial charge >= 0.3 is 0 Å². The zero-order valence-corrected chi connectivity index (χ0v) is 22.1. The van der Waals surface area contributed by atoms with Crippen LogP contribution in [-0.4, -0.2) is 11.6 Å². The van der Waals surface area contributed by atoms with Gasteiger partial charge in [-0.1, -0.05) is 24.3 Å². The lowest BCUT2D eigenvalue weighted by atomic mass is 10.0. The summed E-state index contributed by atoms with van der Waals surface area (Å²) in [7, 11) is 0. The van der Waals surface area contributed by atoms with E-state index in [2.05, 4.69) is 0 Å². The summed E-state index contributed by atoms with van der Waals surface area (Å²) in [4.78, 5) is 25.4. The Hall–Kier alpha value is -5.62. The second-order valence-corrected chi connectivity index (χ2v) is 9.53. The Kier molecular flexibility index (Phi) is 7.26. The predicted octanol–water partition coefficient (Wildman–Crippen LogP) is 9.16. The molecule has 0 saturated carbocycles. The topological polar surface area (TPSA) is 52.6 Å². The first-order chi connectivity index (χ1) is 20.4. The summed E-state index contributed by atoms with van der Waals surface area (Å²) in [6, 6.07) is 35.7. The number of rotatable bonds is 8. The molecule has 42 heavy (non-hydrogen) atoms. The molecule has 0 aliphatic rings. The molecule has 0 amide bonds. The van der Waals surface area contributed by atoms with Gasteiger partial charge in [-0.25, -0.2) is 8.78 Å². The third kappa shape index (κ3) is 5.64. The molecule has 6 heteroatoms. The van der Waals surface area contributed by atoms with Gasteiger partial charge in [-0.05, 0) is 109 Å². The monoisotopic (exact) mass is 556 g/mol. The number of halogens is 2. The smallest absolute Gasteiger partial charge is 0.193 e. The van der Waals surface area contributed by atoms with E-state index in [1.54, 1.807) is 48.5 Å². The average Bonchev–Trinajstić information content (AvgIpc) is 3.02. The second kappa shape index (κ2) is 11.5. The maximum absolute atomic E-state index is 13.2. The molecule has 4 nitrogen and oxygen atoms in total. The molecule has 6 aromatic rings. The SMILES string of the molecule is O=C(c1ccc(F)cc1)c1ccc(Oc2cccc3c(Oc4ccc(C(=O)c5ccc(F)cc5)cc4)cccc23)cc1. The van der Waals surface area contributed by atoms with Gasteiger partial charge in [0, 0.05) is 33.0 Å². The lowest BCUT2D eigenvalue weighted by molar-refractivity contribution is 0.103. The molecule has 6 aromatic carbocycles. The lowest BCUT2D eigenvalue weighted by Gasteiger charge is -2.13. The highest BCUT2D eigenvalue weighted by molar-refractivity contribution is 6.09. The van der Waals surface area contributed by atoms with Gasteiger partial charge in [0.25, 0.3) is 0 Å². The van der Waals surface area contributed by atoms with E-state index in [1.807, 2.05) is 36.4 Å². The molecular weight excluding hydrogens is 534 g/mol. The fourth-order valence-electron chi connectivity index (χ4n) is 4.57. The minimum absolute atomic E-state index is 0.207. The van der Waals surface area contributed by atoms with Gasteiger partial charge in [-0.3, -0.25) is 9.59 Å². The quantitative estimate of drug-likeness (QED) is 0.175. The van der Waals surface area contributed by atoms with Gasteiger partial charge in [0.2, 0.25) is 0 Å². The molecule has 0 saturated heterocycles. The predicted molar refractivity (Wildman–Crippen MR) is 157 cm³/mol. The standard InChI is InChI=1S/C36H22F2O4/c37-27-15-7-23(8-16-27)35(39)25-11-19-29(20-12-25)41-33-5-1-3-31-32(33)4-2-6-34(31)42-30-21-13-26(14-22-30)36(40)24-9-17-28(38)18-10-24/h1-22H. The van der Waals surface area contributed by atoms with Gasteiger partial charge in [-0.15, -0.1) is 0 Å². The van der Waals surface area contributed by atoms with Crippen LogP contribution in [0.1, 0.15) is 31.8 Å². The molecule has 0 bridgehead atoms. The third-order valence-electron chi connectivity index (χ3n) is 6.74. The van der Waals surface area contributed by atoms with Crippen molar-refractivity contribution in [3.05, 3.63) is 167 Å². The average molecular weight is 557 g/mol. The first kappa shape index (κ1) is 26.6. The molecule has 0 aliphatic heterocycles. The highest BCUT2D eigenvalue weighted by Crippen LogP contribution is 2.36. The van der Waals surface area contributed by atoms with E-state index in [-0.39, 0.29) is 11.6 Å². The van der Waals surface area contributed by atoms with Gasteiger partial charge in [0.05, 0.1) is 0 Å². The molecule has 0 heterocycles. The molecule has 0 unspecified atom stereocenters. The molecule has 6 rings (SSSR count). The number of carbonyl (C=O) groups excluding carboxylic acids is 2. The van der Waals surface area contributed by atoms with E-state index in [0.29, 0.717) is 45.3 Å². The van der Waals surface area contributed by atoms with Crippen LogP contribution in [-0.2, 0) is 0 Å². The zero-order valence-electron chi connectivity index (χ0n) is 22.1. The van der Waals surface area contributed by atoms with E-state index in [1.165, 1.54) is 48.5 Å². The van der Waals surface area contributed by atoms with Crippen molar-refractivity contribution in [2.24, 2.45) is 0 Å². The first-order valence-electron chi connectivity index (χ1n) is 13.1. The maximum atomic E-state index is 13.2. The fraction of sp³-hybridized carbons (Fsp3) is 0. The maximum Gasteiger partial charge on any atom is 0.193 e. The summed E-state index contributed by atoms with van der Waals surface area (Å²) in [6.45, 7) is 0. The molecule has 0 N–H and O–H groups in total. The van der Waals surface area contributed by atoms with Crippen LogP contribution in [0.25, 0.3) is 10.8 Å². The summed E-state index contributed by atoms with van der Waals surface area (Å²) < 4.78 is 38.7. The number of carbonyl (C=O) groups is 2. The Bertz CT molecular complexity index is 1750. The minimum atomic E-state index is -0.396. The highest BCUT2D eigenvalue weighted by atomic mass is 19.1. The number of hydrogen-bond donors (Lipinski definition) is 0. The van der Waals surface area contributed by atoms with Crippen molar-refractivity contribution < 1.29 is 27.8 Å². The molecule has 0 atom stereocenters. The number of ketones is 2. The van der Waals surface area contributed by atoms with E-state index in [0.717, 1.165) is 10.8 Å². The van der Waals surface area contributed by atoms with Crippen LogP contribution in [0, 0.1) is 11.6 Å². The summed E-state index contributed by atoms with van der Waals surface area (Å²) in [5, 5.41) is 1.65. The second-order valence-electron chi connectivity index (χ2n) is 9.53. The Labute approximate surface area is 240 Å². The normalized spacial score (nSPS) is 10.8. The van der Waals surface area contributed by atoms with Crippen LogP contribution in [0.4, 0.5) is 8.78 Å².